The Morgan fingerprint density at radius 3 is 2.77 bits per heavy atom. The molecular weight excluding hydrogens is 350 g/mol. The van der Waals surface area contributed by atoms with Crippen molar-refractivity contribution in [2.45, 2.75) is 38.3 Å². The predicted octanol–water partition coefficient (Wildman–Crippen LogP) is 1.86. The number of benzene rings is 1. The fourth-order valence-corrected chi connectivity index (χ4v) is 5.69. The molecule has 2 heterocycles. The van der Waals surface area contributed by atoms with Gasteiger partial charge in [-0.15, -0.1) is 0 Å². The number of rotatable bonds is 4. The number of aromatic nitrogens is 2. The van der Waals surface area contributed by atoms with Gasteiger partial charge in [0.1, 0.15) is 0 Å². The summed E-state index contributed by atoms with van der Waals surface area (Å²) in [6, 6.07) is 10.1. The van der Waals surface area contributed by atoms with E-state index in [1.807, 2.05) is 29.1 Å². The average Bonchev–Trinajstić information content (AvgIpc) is 3.20. The molecule has 2 aliphatic rings. The van der Waals surface area contributed by atoms with Crippen LogP contribution in [0.5, 0.6) is 0 Å². The van der Waals surface area contributed by atoms with E-state index in [-0.39, 0.29) is 23.5 Å². The van der Waals surface area contributed by atoms with Gasteiger partial charge in [0.25, 0.3) is 0 Å². The van der Waals surface area contributed by atoms with Crippen LogP contribution in [-0.4, -0.2) is 35.6 Å². The van der Waals surface area contributed by atoms with E-state index in [0.29, 0.717) is 6.42 Å². The molecule has 138 valence electrons. The van der Waals surface area contributed by atoms with Gasteiger partial charge in [0.15, 0.2) is 9.84 Å². The molecule has 1 aliphatic heterocycles. The molecule has 0 radical (unpaired) electrons. The molecule has 0 bridgehead atoms. The van der Waals surface area contributed by atoms with Gasteiger partial charge in [-0.2, -0.15) is 5.10 Å². The molecule has 0 spiro atoms. The zero-order chi connectivity index (χ0) is 18.1. The molecule has 0 saturated carbocycles. The van der Waals surface area contributed by atoms with Gasteiger partial charge in [-0.25, -0.2) is 8.42 Å². The van der Waals surface area contributed by atoms with Crippen LogP contribution in [0.15, 0.2) is 36.5 Å². The van der Waals surface area contributed by atoms with E-state index < -0.39 is 15.8 Å². The first-order valence-corrected chi connectivity index (χ1v) is 10.9. The van der Waals surface area contributed by atoms with Crippen LogP contribution in [0.25, 0.3) is 0 Å². The number of hydrogen-bond donors (Lipinski definition) is 1. The van der Waals surface area contributed by atoms with Gasteiger partial charge in [0.2, 0.25) is 5.91 Å². The Labute approximate surface area is 153 Å². The number of nitrogens with one attached hydrogen (secondary N) is 1. The molecule has 1 saturated heterocycles. The lowest BCUT2D eigenvalue weighted by Gasteiger charge is -2.25. The second kappa shape index (κ2) is 6.87. The Morgan fingerprint density at radius 1 is 1.23 bits per heavy atom. The summed E-state index contributed by atoms with van der Waals surface area (Å²) in [5.41, 5.74) is 3.44. The number of fused-ring (bicyclic) bond motifs is 1. The molecule has 2 aromatic rings. The summed E-state index contributed by atoms with van der Waals surface area (Å²) in [6.45, 7) is 0.720. The first-order chi connectivity index (χ1) is 12.5. The summed E-state index contributed by atoms with van der Waals surface area (Å²) >= 11 is 0. The maximum absolute atomic E-state index is 12.5. The van der Waals surface area contributed by atoms with Gasteiger partial charge in [-0.1, -0.05) is 30.3 Å². The van der Waals surface area contributed by atoms with E-state index in [1.165, 1.54) is 11.3 Å². The highest BCUT2D eigenvalue weighted by Crippen LogP contribution is 2.31. The Kier molecular flexibility index (Phi) is 4.56. The number of hydrogen-bond acceptors (Lipinski definition) is 4. The largest absolute Gasteiger partial charge is 0.349 e. The van der Waals surface area contributed by atoms with E-state index >= 15 is 0 Å². The average molecular weight is 373 g/mol. The molecule has 1 fully saturated rings. The van der Waals surface area contributed by atoms with Crippen molar-refractivity contribution in [3.8, 4) is 0 Å². The predicted molar refractivity (Wildman–Crippen MR) is 98.4 cm³/mol. The van der Waals surface area contributed by atoms with Crippen LogP contribution in [-0.2, 0) is 27.6 Å². The van der Waals surface area contributed by atoms with Crippen molar-refractivity contribution in [1.82, 2.24) is 15.1 Å². The molecule has 6 nitrogen and oxygen atoms in total. The highest BCUT2D eigenvalue weighted by atomic mass is 32.2. The standard InChI is InChI=1S/C19H23N3O3S/c23-19(15-9-10-26(24,25)13-15)21-17-7-4-8-18-16(17)11-20-22(18)12-14-5-2-1-3-6-14/h1-3,5-6,11,15,17H,4,7-10,12-13H2,(H,21,23). The summed E-state index contributed by atoms with van der Waals surface area (Å²) in [5, 5.41) is 7.62. The maximum atomic E-state index is 12.5. The third kappa shape index (κ3) is 3.53. The van der Waals surface area contributed by atoms with Gasteiger partial charge in [0.05, 0.1) is 36.2 Å². The van der Waals surface area contributed by atoms with E-state index in [0.717, 1.165) is 31.4 Å². The summed E-state index contributed by atoms with van der Waals surface area (Å²) in [6.07, 6.45) is 5.10. The first-order valence-electron chi connectivity index (χ1n) is 9.11. The molecule has 26 heavy (non-hydrogen) atoms. The van der Waals surface area contributed by atoms with Crippen molar-refractivity contribution in [3.05, 3.63) is 53.3 Å². The minimum absolute atomic E-state index is 0.0221. The Morgan fingerprint density at radius 2 is 2.04 bits per heavy atom. The van der Waals surface area contributed by atoms with Gasteiger partial charge < -0.3 is 5.32 Å². The molecule has 2 unspecified atom stereocenters. The topological polar surface area (TPSA) is 81.1 Å². The quantitative estimate of drug-likeness (QED) is 0.887. The lowest BCUT2D eigenvalue weighted by atomic mass is 9.92. The molecule has 1 aliphatic carbocycles. The second-order valence-corrected chi connectivity index (χ2v) is 9.47. The fourth-order valence-electron chi connectivity index (χ4n) is 3.95. The molecule has 1 amide bonds. The van der Waals surface area contributed by atoms with Crippen LogP contribution in [0.2, 0.25) is 0 Å². The highest BCUT2D eigenvalue weighted by molar-refractivity contribution is 7.91. The maximum Gasteiger partial charge on any atom is 0.224 e. The van der Waals surface area contributed by atoms with E-state index in [4.69, 9.17) is 0 Å². The van der Waals surface area contributed by atoms with Crippen LogP contribution in [0.4, 0.5) is 0 Å². The highest BCUT2D eigenvalue weighted by Gasteiger charge is 2.35. The third-order valence-corrected chi connectivity index (χ3v) is 7.13. The molecule has 1 aromatic carbocycles. The van der Waals surface area contributed by atoms with E-state index in [2.05, 4.69) is 22.5 Å². The molecule has 1 aromatic heterocycles. The molecule has 2 atom stereocenters. The van der Waals surface area contributed by atoms with E-state index in [9.17, 15) is 13.2 Å². The van der Waals surface area contributed by atoms with Crippen LogP contribution in [0, 0.1) is 5.92 Å². The van der Waals surface area contributed by atoms with Crippen LogP contribution in [0.3, 0.4) is 0 Å². The lowest BCUT2D eigenvalue weighted by Crippen LogP contribution is -2.36. The normalized spacial score (nSPS) is 24.2. The molecule has 1 N–H and O–H groups in total. The van der Waals surface area contributed by atoms with Gasteiger partial charge in [-0.3, -0.25) is 9.48 Å². The summed E-state index contributed by atoms with van der Waals surface area (Å²) in [7, 11) is -3.05. The second-order valence-electron chi connectivity index (χ2n) is 7.24. The fraction of sp³-hybridized carbons (Fsp3) is 0.474. The number of sulfone groups is 1. The minimum atomic E-state index is -3.05. The number of nitrogens with zero attached hydrogens (tertiary/aromatic N) is 2. The SMILES string of the molecule is O=C(NC1CCCc2c1cnn2Cc1ccccc1)C1CCS(=O)(=O)C1. The van der Waals surface area contributed by atoms with Gasteiger partial charge in [-0.05, 0) is 31.2 Å². The summed E-state index contributed by atoms with van der Waals surface area (Å²) in [5.74, 6) is -0.453. The van der Waals surface area contributed by atoms with Gasteiger partial charge >= 0.3 is 0 Å². The molecular formula is C19H23N3O3S. The van der Waals surface area contributed by atoms with Crippen molar-refractivity contribution in [3.63, 3.8) is 0 Å². The lowest BCUT2D eigenvalue weighted by molar-refractivity contribution is -0.125. The Bertz CT molecular complexity index is 905. The van der Waals surface area contributed by atoms with Gasteiger partial charge in [0, 0.05) is 11.3 Å². The third-order valence-electron chi connectivity index (χ3n) is 5.36. The number of amides is 1. The van der Waals surface area contributed by atoms with Crippen molar-refractivity contribution < 1.29 is 13.2 Å². The molecule has 7 heteroatoms. The molecule has 4 rings (SSSR count). The minimum Gasteiger partial charge on any atom is -0.349 e. The Hall–Kier alpha value is -2.15. The summed E-state index contributed by atoms with van der Waals surface area (Å²) in [4.78, 5) is 12.5. The summed E-state index contributed by atoms with van der Waals surface area (Å²) < 4.78 is 25.3. The number of carbonyl (C=O) groups excluding carboxylic acids is 1. The smallest absolute Gasteiger partial charge is 0.224 e. The zero-order valence-electron chi connectivity index (χ0n) is 14.6. The monoisotopic (exact) mass is 373 g/mol. The van der Waals surface area contributed by atoms with Crippen LogP contribution < -0.4 is 5.32 Å². The van der Waals surface area contributed by atoms with Crippen molar-refractivity contribution >= 4 is 15.7 Å². The number of carbonyl (C=O) groups is 1. The zero-order valence-corrected chi connectivity index (χ0v) is 15.4. The van der Waals surface area contributed by atoms with Crippen molar-refractivity contribution in [2.75, 3.05) is 11.5 Å². The van der Waals surface area contributed by atoms with E-state index in [1.54, 1.807) is 0 Å². The van der Waals surface area contributed by atoms with Crippen molar-refractivity contribution in [2.24, 2.45) is 5.92 Å². The first kappa shape index (κ1) is 17.3. The van der Waals surface area contributed by atoms with Crippen LogP contribution >= 0.6 is 0 Å². The van der Waals surface area contributed by atoms with Crippen molar-refractivity contribution in [1.29, 1.82) is 0 Å². The van der Waals surface area contributed by atoms with Crippen LogP contribution in [0.1, 0.15) is 42.1 Å². The Balaban J connectivity index is 1.49.